The van der Waals surface area contributed by atoms with Gasteiger partial charge in [0.15, 0.2) is 0 Å². The third-order valence-corrected chi connectivity index (χ3v) is 4.64. The lowest BCUT2D eigenvalue weighted by Gasteiger charge is -2.12. The average Bonchev–Trinajstić information content (AvgIpc) is 3.15. The van der Waals surface area contributed by atoms with Crippen molar-refractivity contribution in [1.82, 2.24) is 0 Å². The fourth-order valence-electron chi connectivity index (χ4n) is 1.64. The summed E-state index contributed by atoms with van der Waals surface area (Å²) in [6, 6.07) is 0. The van der Waals surface area contributed by atoms with E-state index in [1.165, 1.54) is 38.5 Å². The van der Waals surface area contributed by atoms with Gasteiger partial charge in [0.05, 0.1) is 0 Å². The van der Waals surface area contributed by atoms with Crippen LogP contribution in [0, 0.1) is 5.92 Å². The van der Waals surface area contributed by atoms with E-state index < -0.39 is 9.53 Å². The van der Waals surface area contributed by atoms with E-state index in [1.807, 2.05) is 20.8 Å². The zero-order valence-corrected chi connectivity index (χ0v) is 13.9. The maximum absolute atomic E-state index is 5.22. The molecule has 1 saturated carbocycles. The molecule has 0 aromatic heterocycles. The standard InChI is InChI=1S/C8H16.C6H16O3Si/c1-2-3-4-5-8-6-7-8;1-4-7-10(8-5-2)9-6-3/h8H,2-7H2,1H3;10H,4-6H2,1-3H3. The molecular formula is C14H32O3Si. The van der Waals surface area contributed by atoms with Crippen molar-refractivity contribution in [2.24, 2.45) is 5.92 Å². The largest absolute Gasteiger partial charge is 0.484 e. The molecule has 0 aromatic carbocycles. The normalized spacial score (nSPS) is 14.5. The highest BCUT2D eigenvalue weighted by Gasteiger charge is 2.19. The molecule has 1 aliphatic carbocycles. The number of hydrogen-bond donors (Lipinski definition) is 0. The minimum atomic E-state index is -1.73. The van der Waals surface area contributed by atoms with Crippen molar-refractivity contribution in [3.63, 3.8) is 0 Å². The monoisotopic (exact) mass is 276 g/mol. The van der Waals surface area contributed by atoms with Gasteiger partial charge in [-0.2, -0.15) is 0 Å². The molecule has 0 aliphatic heterocycles. The van der Waals surface area contributed by atoms with Gasteiger partial charge in [-0.25, -0.2) is 0 Å². The van der Waals surface area contributed by atoms with Crippen LogP contribution in [0.4, 0.5) is 0 Å². The Morgan fingerprint density at radius 1 is 0.833 bits per heavy atom. The van der Waals surface area contributed by atoms with Crippen LogP contribution in [0.15, 0.2) is 0 Å². The van der Waals surface area contributed by atoms with Crippen molar-refractivity contribution in [3.8, 4) is 0 Å². The van der Waals surface area contributed by atoms with Crippen molar-refractivity contribution in [2.75, 3.05) is 19.8 Å². The molecule has 0 unspecified atom stereocenters. The van der Waals surface area contributed by atoms with Gasteiger partial charge < -0.3 is 13.3 Å². The van der Waals surface area contributed by atoms with Gasteiger partial charge in [0.25, 0.3) is 0 Å². The van der Waals surface area contributed by atoms with Crippen molar-refractivity contribution in [3.05, 3.63) is 0 Å². The molecule has 0 saturated heterocycles. The molecule has 0 heterocycles. The summed E-state index contributed by atoms with van der Waals surface area (Å²) < 4.78 is 15.7. The van der Waals surface area contributed by atoms with Crippen LogP contribution in [0.2, 0.25) is 0 Å². The molecular weight excluding hydrogens is 244 g/mol. The molecule has 0 atom stereocenters. The van der Waals surface area contributed by atoms with Crippen molar-refractivity contribution in [1.29, 1.82) is 0 Å². The van der Waals surface area contributed by atoms with Gasteiger partial charge in [-0.3, -0.25) is 0 Å². The Balaban J connectivity index is 0.000000327. The maximum atomic E-state index is 5.22. The summed E-state index contributed by atoms with van der Waals surface area (Å²) in [4.78, 5) is 0. The molecule has 0 spiro atoms. The minimum Gasteiger partial charge on any atom is -0.376 e. The Kier molecular flexibility index (Phi) is 13.6. The zero-order valence-electron chi connectivity index (χ0n) is 12.7. The third-order valence-electron chi connectivity index (χ3n) is 2.82. The Hall–Kier alpha value is 0.0969. The van der Waals surface area contributed by atoms with E-state index in [9.17, 15) is 0 Å². The lowest BCUT2D eigenvalue weighted by molar-refractivity contribution is 0.107. The van der Waals surface area contributed by atoms with Crippen LogP contribution >= 0.6 is 0 Å². The second kappa shape index (κ2) is 13.5. The number of unbranched alkanes of at least 4 members (excludes halogenated alkanes) is 2. The molecule has 110 valence electrons. The fraction of sp³-hybridized carbons (Fsp3) is 1.00. The smallest absolute Gasteiger partial charge is 0.376 e. The van der Waals surface area contributed by atoms with E-state index in [1.54, 1.807) is 0 Å². The lowest BCUT2D eigenvalue weighted by atomic mass is 10.1. The summed E-state index contributed by atoms with van der Waals surface area (Å²) >= 11 is 0. The van der Waals surface area contributed by atoms with E-state index in [-0.39, 0.29) is 0 Å². The topological polar surface area (TPSA) is 27.7 Å². The second-order valence-electron chi connectivity index (χ2n) is 4.59. The molecule has 0 aromatic rings. The lowest BCUT2D eigenvalue weighted by Crippen LogP contribution is -2.27. The highest BCUT2D eigenvalue weighted by molar-refractivity contribution is 6.36. The van der Waals surface area contributed by atoms with Crippen molar-refractivity contribution in [2.45, 2.75) is 66.2 Å². The molecule has 1 fully saturated rings. The molecule has 1 rings (SSSR count). The molecule has 3 nitrogen and oxygen atoms in total. The van der Waals surface area contributed by atoms with Gasteiger partial charge in [-0.1, -0.05) is 45.4 Å². The number of hydrogen-bond acceptors (Lipinski definition) is 3. The molecule has 18 heavy (non-hydrogen) atoms. The van der Waals surface area contributed by atoms with Crippen LogP contribution in [-0.2, 0) is 13.3 Å². The van der Waals surface area contributed by atoms with Gasteiger partial charge >= 0.3 is 9.53 Å². The Labute approximate surface area is 115 Å². The van der Waals surface area contributed by atoms with Gasteiger partial charge in [-0.15, -0.1) is 0 Å². The van der Waals surface area contributed by atoms with Crippen LogP contribution < -0.4 is 0 Å². The van der Waals surface area contributed by atoms with Crippen LogP contribution in [0.25, 0.3) is 0 Å². The molecule has 1 aliphatic rings. The predicted molar refractivity (Wildman–Crippen MR) is 78.9 cm³/mol. The number of rotatable bonds is 10. The summed E-state index contributed by atoms with van der Waals surface area (Å²) in [5, 5.41) is 0. The first-order valence-electron chi connectivity index (χ1n) is 7.63. The van der Waals surface area contributed by atoms with E-state index in [0.29, 0.717) is 19.8 Å². The second-order valence-corrected chi connectivity index (χ2v) is 6.17. The van der Waals surface area contributed by atoms with E-state index >= 15 is 0 Å². The third kappa shape index (κ3) is 12.6. The Morgan fingerprint density at radius 3 is 1.67 bits per heavy atom. The summed E-state index contributed by atoms with van der Waals surface area (Å²) in [5.41, 5.74) is 0. The average molecular weight is 276 g/mol. The molecule has 4 heteroatoms. The van der Waals surface area contributed by atoms with Gasteiger partial charge in [0.2, 0.25) is 0 Å². The maximum Gasteiger partial charge on any atom is 0.484 e. The molecule has 0 bridgehead atoms. The van der Waals surface area contributed by atoms with Crippen LogP contribution in [0.3, 0.4) is 0 Å². The summed E-state index contributed by atoms with van der Waals surface area (Å²) in [7, 11) is -1.73. The zero-order chi connectivity index (χ0) is 13.6. The SMILES string of the molecule is CCCCCC1CC1.CCO[SiH](OCC)OCC. The fourth-order valence-corrected chi connectivity index (χ4v) is 2.75. The highest BCUT2D eigenvalue weighted by Crippen LogP contribution is 2.33. The molecule has 0 N–H and O–H groups in total. The highest BCUT2D eigenvalue weighted by atomic mass is 28.3. The van der Waals surface area contributed by atoms with Crippen molar-refractivity contribution >= 4 is 9.53 Å². The minimum absolute atomic E-state index is 0.677. The van der Waals surface area contributed by atoms with E-state index in [0.717, 1.165) is 5.92 Å². The van der Waals surface area contributed by atoms with Crippen LogP contribution in [0.5, 0.6) is 0 Å². The van der Waals surface area contributed by atoms with Crippen molar-refractivity contribution < 1.29 is 13.3 Å². The van der Waals surface area contributed by atoms with Gasteiger partial charge in [0.1, 0.15) is 0 Å². The van der Waals surface area contributed by atoms with Gasteiger partial charge in [0, 0.05) is 19.8 Å². The molecule has 0 amide bonds. The van der Waals surface area contributed by atoms with E-state index in [4.69, 9.17) is 13.3 Å². The van der Waals surface area contributed by atoms with E-state index in [2.05, 4.69) is 6.92 Å². The summed E-state index contributed by atoms with van der Waals surface area (Å²) in [5.74, 6) is 1.15. The van der Waals surface area contributed by atoms with Gasteiger partial charge in [-0.05, 0) is 26.7 Å². The predicted octanol–water partition coefficient (Wildman–Crippen LogP) is 3.79. The first kappa shape index (κ1) is 18.1. The Morgan fingerprint density at radius 2 is 1.33 bits per heavy atom. The van der Waals surface area contributed by atoms with Crippen LogP contribution in [0.1, 0.15) is 66.2 Å². The first-order valence-corrected chi connectivity index (χ1v) is 9.04. The quantitative estimate of drug-likeness (QED) is 0.449. The first-order chi connectivity index (χ1) is 8.78. The summed E-state index contributed by atoms with van der Waals surface area (Å²) in [6.45, 7) is 10.1. The van der Waals surface area contributed by atoms with Crippen LogP contribution in [-0.4, -0.2) is 29.3 Å². The summed E-state index contributed by atoms with van der Waals surface area (Å²) in [6.07, 6.45) is 8.91. The Bertz CT molecular complexity index is 149. The molecule has 0 radical (unpaired) electrons.